The van der Waals surface area contributed by atoms with Crippen LogP contribution in [0, 0.1) is 0 Å². The highest BCUT2D eigenvalue weighted by atomic mass is 31.2. The van der Waals surface area contributed by atoms with Gasteiger partial charge in [0, 0.05) is 0 Å². The van der Waals surface area contributed by atoms with Crippen LogP contribution >= 0.6 is 7.75 Å². The van der Waals surface area contributed by atoms with Gasteiger partial charge in [-0.1, -0.05) is 0 Å². The predicted octanol–water partition coefficient (Wildman–Crippen LogP) is -1.70. The number of nitrogens with two attached hydrogens (primary N) is 1. The van der Waals surface area contributed by atoms with E-state index < -0.39 is 50.9 Å². The lowest BCUT2D eigenvalue weighted by molar-refractivity contribution is -0.142. The van der Waals surface area contributed by atoms with Crippen molar-refractivity contribution in [3.8, 4) is 0 Å². The van der Waals surface area contributed by atoms with Gasteiger partial charge in [-0.3, -0.25) is 13.9 Å². The SMILES string of the molecule is COC(=O)[C@@H](C)NP(=O)(O)OC[C@H]1O[C@@H](n2cnc3c(N)ncnc32)[C@H](O)[C@@H]1O. The van der Waals surface area contributed by atoms with Crippen LogP contribution in [0.1, 0.15) is 13.2 Å². The molecule has 14 nitrogen and oxygen atoms in total. The summed E-state index contributed by atoms with van der Waals surface area (Å²) in [5, 5.41) is 22.7. The Kier molecular flexibility index (Phi) is 6.14. The monoisotopic (exact) mass is 432 g/mol. The molecule has 0 amide bonds. The molecule has 2 aromatic rings. The molecule has 15 heteroatoms. The van der Waals surface area contributed by atoms with Crippen LogP contribution in [0.4, 0.5) is 5.82 Å². The van der Waals surface area contributed by atoms with Gasteiger partial charge in [0.15, 0.2) is 17.7 Å². The molecule has 1 saturated heterocycles. The molecule has 29 heavy (non-hydrogen) atoms. The molecule has 1 fully saturated rings. The number of hydrogen-bond donors (Lipinski definition) is 5. The number of nitrogens with one attached hydrogen (secondary N) is 1. The molecule has 1 aliphatic heterocycles. The quantitative estimate of drug-likeness (QED) is 0.245. The smallest absolute Gasteiger partial charge is 0.403 e. The van der Waals surface area contributed by atoms with E-state index in [-0.39, 0.29) is 11.5 Å². The fraction of sp³-hybridized carbons (Fsp3) is 0.571. The van der Waals surface area contributed by atoms with Gasteiger partial charge < -0.3 is 30.3 Å². The Morgan fingerprint density at radius 2 is 2.14 bits per heavy atom. The van der Waals surface area contributed by atoms with Gasteiger partial charge in [-0.2, -0.15) is 0 Å². The number of aliphatic hydroxyl groups is 2. The Morgan fingerprint density at radius 1 is 1.41 bits per heavy atom. The van der Waals surface area contributed by atoms with E-state index in [2.05, 4.69) is 24.8 Å². The van der Waals surface area contributed by atoms with Crippen LogP contribution in [-0.2, 0) is 23.4 Å². The zero-order valence-corrected chi connectivity index (χ0v) is 16.3. The lowest BCUT2D eigenvalue weighted by atomic mass is 10.1. The third-order valence-corrected chi connectivity index (χ3v) is 5.54. The van der Waals surface area contributed by atoms with Crippen LogP contribution in [0.15, 0.2) is 12.7 Å². The molecular formula is C14H21N6O8P. The Bertz CT molecular complexity index is 940. The first-order chi connectivity index (χ1) is 13.6. The Labute approximate surface area is 164 Å². The Balaban J connectivity index is 1.69. The third-order valence-electron chi connectivity index (χ3n) is 4.32. The molecule has 0 bridgehead atoms. The second kappa shape index (κ2) is 8.28. The summed E-state index contributed by atoms with van der Waals surface area (Å²) in [6.07, 6.45) is -2.56. The summed E-state index contributed by atoms with van der Waals surface area (Å²) in [6.45, 7) is 0.767. The summed E-state index contributed by atoms with van der Waals surface area (Å²) in [4.78, 5) is 33.1. The topological polar surface area (TPSA) is 204 Å². The van der Waals surface area contributed by atoms with E-state index in [1.54, 1.807) is 0 Å². The van der Waals surface area contributed by atoms with Crippen LogP contribution in [0.2, 0.25) is 0 Å². The molecule has 1 unspecified atom stereocenters. The highest BCUT2D eigenvalue weighted by Gasteiger charge is 2.45. The van der Waals surface area contributed by atoms with Crippen molar-refractivity contribution in [2.24, 2.45) is 0 Å². The number of nitrogens with zero attached hydrogens (tertiary/aromatic N) is 4. The Hall–Kier alpha value is -2.19. The predicted molar refractivity (Wildman–Crippen MR) is 96.1 cm³/mol. The highest BCUT2D eigenvalue weighted by Crippen LogP contribution is 2.40. The van der Waals surface area contributed by atoms with Crippen molar-refractivity contribution in [2.45, 2.75) is 37.5 Å². The number of anilines is 1. The van der Waals surface area contributed by atoms with Gasteiger partial charge in [-0.25, -0.2) is 24.6 Å². The lowest BCUT2D eigenvalue weighted by Crippen LogP contribution is -2.36. The summed E-state index contributed by atoms with van der Waals surface area (Å²) in [6, 6.07) is -1.11. The second-order valence-electron chi connectivity index (χ2n) is 6.32. The number of carbonyl (C=O) groups is 1. The molecular weight excluding hydrogens is 411 g/mol. The molecule has 1 aliphatic rings. The number of aromatic nitrogens is 4. The Morgan fingerprint density at radius 3 is 2.83 bits per heavy atom. The van der Waals surface area contributed by atoms with Gasteiger partial charge in [-0.05, 0) is 6.92 Å². The summed E-state index contributed by atoms with van der Waals surface area (Å²) < 4.78 is 28.4. The lowest BCUT2D eigenvalue weighted by Gasteiger charge is -2.20. The number of ether oxygens (including phenoxy) is 2. The van der Waals surface area contributed by atoms with Gasteiger partial charge >= 0.3 is 13.7 Å². The fourth-order valence-electron chi connectivity index (χ4n) is 2.84. The van der Waals surface area contributed by atoms with E-state index in [4.69, 9.17) is 15.0 Å². The van der Waals surface area contributed by atoms with Crippen LogP contribution in [-0.4, -0.2) is 78.7 Å². The van der Waals surface area contributed by atoms with Crippen LogP contribution < -0.4 is 10.8 Å². The number of imidazole rings is 1. The number of esters is 1. The number of hydrogen-bond acceptors (Lipinski definition) is 11. The van der Waals surface area contributed by atoms with Gasteiger partial charge in [0.25, 0.3) is 0 Å². The van der Waals surface area contributed by atoms with Crippen molar-refractivity contribution in [2.75, 3.05) is 19.5 Å². The average Bonchev–Trinajstić information content (AvgIpc) is 3.22. The van der Waals surface area contributed by atoms with E-state index in [0.29, 0.717) is 5.52 Å². The van der Waals surface area contributed by atoms with Crippen molar-refractivity contribution in [1.82, 2.24) is 24.6 Å². The van der Waals surface area contributed by atoms with Gasteiger partial charge in [-0.15, -0.1) is 0 Å². The van der Waals surface area contributed by atoms with E-state index >= 15 is 0 Å². The van der Waals surface area contributed by atoms with Crippen LogP contribution in [0.5, 0.6) is 0 Å². The summed E-state index contributed by atoms with van der Waals surface area (Å²) in [5.41, 5.74) is 6.29. The summed E-state index contributed by atoms with van der Waals surface area (Å²) in [5.74, 6) is -0.627. The van der Waals surface area contributed by atoms with Crippen molar-refractivity contribution in [3.63, 3.8) is 0 Å². The number of fused-ring (bicyclic) bond motifs is 1. The first kappa shape index (κ1) is 21.5. The van der Waals surface area contributed by atoms with Gasteiger partial charge in [0.1, 0.15) is 36.2 Å². The van der Waals surface area contributed by atoms with Crippen LogP contribution in [0.3, 0.4) is 0 Å². The number of carbonyl (C=O) groups excluding carboxylic acids is 1. The maximum atomic E-state index is 12.1. The summed E-state index contributed by atoms with van der Waals surface area (Å²) in [7, 11) is -3.29. The van der Waals surface area contributed by atoms with E-state index in [1.165, 1.54) is 24.1 Å². The standard InChI is InChI=1S/C14H21N6O8P/c1-6(14(23)26-2)19-29(24,25)27-3-7-9(21)10(22)13(28-7)20-5-18-8-11(15)16-4-17-12(8)20/h4-7,9-10,13,21-22H,3H2,1-2H3,(H2,15,16,17)(H2,19,24,25)/t6-,7-,9-,10-,13-/m1/s1. The molecule has 0 radical (unpaired) electrons. The maximum absolute atomic E-state index is 12.1. The molecule has 3 heterocycles. The van der Waals surface area contributed by atoms with Crippen molar-refractivity contribution >= 4 is 30.7 Å². The maximum Gasteiger partial charge on any atom is 0.403 e. The first-order valence-corrected chi connectivity index (χ1v) is 10.00. The largest absolute Gasteiger partial charge is 0.468 e. The zero-order valence-electron chi connectivity index (χ0n) is 15.4. The van der Waals surface area contributed by atoms with Gasteiger partial charge in [0.05, 0.1) is 20.0 Å². The number of rotatable bonds is 7. The second-order valence-corrected chi connectivity index (χ2v) is 7.88. The minimum absolute atomic E-state index is 0.133. The molecule has 160 valence electrons. The van der Waals surface area contributed by atoms with E-state index in [9.17, 15) is 24.5 Å². The molecule has 0 saturated carbocycles. The van der Waals surface area contributed by atoms with Gasteiger partial charge in [0.2, 0.25) is 0 Å². The third kappa shape index (κ3) is 4.38. The molecule has 3 rings (SSSR count). The zero-order chi connectivity index (χ0) is 21.3. The highest BCUT2D eigenvalue weighted by molar-refractivity contribution is 7.50. The molecule has 6 atom stereocenters. The molecule has 0 aliphatic carbocycles. The minimum Gasteiger partial charge on any atom is -0.468 e. The van der Waals surface area contributed by atoms with Crippen LogP contribution in [0.25, 0.3) is 11.2 Å². The fourth-order valence-corrected chi connectivity index (χ4v) is 3.86. The normalized spacial score (nSPS) is 27.6. The average molecular weight is 432 g/mol. The molecule has 0 spiro atoms. The van der Waals surface area contributed by atoms with Crippen molar-refractivity contribution in [1.29, 1.82) is 0 Å². The van der Waals surface area contributed by atoms with Crippen molar-refractivity contribution < 1.29 is 38.5 Å². The van der Waals surface area contributed by atoms with E-state index in [0.717, 1.165) is 7.11 Å². The number of nitrogen functional groups attached to an aromatic ring is 1. The number of methoxy groups -OCH3 is 1. The van der Waals surface area contributed by atoms with Crippen molar-refractivity contribution in [3.05, 3.63) is 12.7 Å². The van der Waals surface area contributed by atoms with E-state index in [1.807, 2.05) is 0 Å². The number of aliphatic hydroxyl groups excluding tert-OH is 2. The molecule has 2 aromatic heterocycles. The molecule has 0 aromatic carbocycles. The molecule has 6 N–H and O–H groups in total. The first-order valence-electron chi connectivity index (χ1n) is 8.42. The summed E-state index contributed by atoms with van der Waals surface area (Å²) >= 11 is 0. The minimum atomic E-state index is -4.42.